The summed E-state index contributed by atoms with van der Waals surface area (Å²) in [7, 11) is 0. The molecule has 3 N–H and O–H groups in total. The van der Waals surface area contributed by atoms with Crippen molar-refractivity contribution in [3.63, 3.8) is 0 Å². The highest BCUT2D eigenvalue weighted by molar-refractivity contribution is 5.76. The maximum atomic E-state index is 10.3. The summed E-state index contributed by atoms with van der Waals surface area (Å²) < 4.78 is 0. The molecule has 0 aliphatic rings. The van der Waals surface area contributed by atoms with Gasteiger partial charge in [0.25, 0.3) is 0 Å². The van der Waals surface area contributed by atoms with Gasteiger partial charge in [-0.3, -0.25) is 10.2 Å². The van der Waals surface area contributed by atoms with E-state index in [4.69, 9.17) is 5.84 Å². The number of allylic oxidation sites excluding steroid dienone is 1. The molecule has 3 heteroatoms. The highest BCUT2D eigenvalue weighted by Crippen LogP contribution is 1.78. The van der Waals surface area contributed by atoms with E-state index in [2.05, 4.69) is 0 Å². The number of hydrazine groups is 1. The second-order valence-corrected chi connectivity index (χ2v) is 1.34. The minimum absolute atomic E-state index is 0.164. The molecule has 0 saturated carbocycles. The fraction of sp³-hybridized carbons (Fsp3) is 0.400. The molecular weight excluding hydrogens is 104 g/mol. The Bertz CT molecular complexity index is 98.6. The molecule has 0 aromatic rings. The van der Waals surface area contributed by atoms with Gasteiger partial charge in [0.1, 0.15) is 0 Å². The van der Waals surface area contributed by atoms with E-state index >= 15 is 0 Å². The van der Waals surface area contributed by atoms with Gasteiger partial charge < -0.3 is 0 Å². The van der Waals surface area contributed by atoms with Crippen LogP contribution in [0.5, 0.6) is 0 Å². The fourth-order valence-corrected chi connectivity index (χ4v) is 0.284. The third-order valence-corrected chi connectivity index (χ3v) is 0.700. The molecule has 8 heavy (non-hydrogen) atoms. The van der Waals surface area contributed by atoms with Crippen molar-refractivity contribution in [1.29, 1.82) is 0 Å². The Hall–Kier alpha value is -0.830. The van der Waals surface area contributed by atoms with E-state index in [0.717, 1.165) is 0 Å². The normalized spacial score (nSPS) is 9.75. The fourth-order valence-electron chi connectivity index (χ4n) is 0.284. The number of nitrogens with two attached hydrogens (primary N) is 1. The molecule has 0 atom stereocenters. The Morgan fingerprint density at radius 2 is 2.50 bits per heavy atom. The molecule has 3 nitrogen and oxygen atoms in total. The maximum absolute atomic E-state index is 10.3. The molecule has 1 amide bonds. The zero-order valence-corrected chi connectivity index (χ0v) is 4.85. The van der Waals surface area contributed by atoms with Crippen LogP contribution in [0.3, 0.4) is 0 Å². The highest BCUT2D eigenvalue weighted by atomic mass is 16.2. The van der Waals surface area contributed by atoms with Crippen LogP contribution < -0.4 is 11.3 Å². The second kappa shape index (κ2) is 4.33. The summed E-state index contributed by atoms with van der Waals surface area (Å²) in [5.41, 5.74) is 2.01. The first kappa shape index (κ1) is 7.17. The molecule has 0 spiro atoms. The Balaban J connectivity index is 3.25. The van der Waals surface area contributed by atoms with Gasteiger partial charge in [0.2, 0.25) is 5.91 Å². The molecule has 0 rings (SSSR count). The molecule has 46 valence electrons. The van der Waals surface area contributed by atoms with E-state index in [9.17, 15) is 4.79 Å². The van der Waals surface area contributed by atoms with Crippen molar-refractivity contribution in [2.75, 3.05) is 0 Å². The van der Waals surface area contributed by atoms with E-state index in [1.807, 2.05) is 12.3 Å². The summed E-state index contributed by atoms with van der Waals surface area (Å²) in [6, 6.07) is 0. The van der Waals surface area contributed by atoms with Gasteiger partial charge in [-0.05, 0) is 6.92 Å². The summed E-state index contributed by atoms with van der Waals surface area (Å²) in [5, 5.41) is 0. The van der Waals surface area contributed by atoms with Crippen molar-refractivity contribution in [1.82, 2.24) is 5.43 Å². The molecule has 0 fully saturated rings. The lowest BCUT2D eigenvalue weighted by Gasteiger charge is -1.89. The molecule has 0 heterocycles. The van der Waals surface area contributed by atoms with Crippen LogP contribution in [0, 0.1) is 0 Å². The molecule has 0 bridgehead atoms. The monoisotopic (exact) mass is 114 g/mol. The molecule has 0 aliphatic carbocycles. The summed E-state index contributed by atoms with van der Waals surface area (Å²) in [4.78, 5) is 10.3. The van der Waals surface area contributed by atoms with Crippen LogP contribution in [0.2, 0.25) is 0 Å². The zero-order chi connectivity index (χ0) is 6.41. The summed E-state index contributed by atoms with van der Waals surface area (Å²) in [6.45, 7) is 1.85. The van der Waals surface area contributed by atoms with Gasteiger partial charge in [-0.1, -0.05) is 12.2 Å². The van der Waals surface area contributed by atoms with Crippen LogP contribution in [0.4, 0.5) is 0 Å². The van der Waals surface area contributed by atoms with E-state index in [-0.39, 0.29) is 5.91 Å². The second-order valence-electron chi connectivity index (χ2n) is 1.34. The summed E-state index contributed by atoms with van der Waals surface area (Å²) in [6.07, 6.45) is 3.91. The first-order valence-electron chi connectivity index (χ1n) is 2.42. The third kappa shape index (κ3) is 3.36. The van der Waals surface area contributed by atoms with E-state index in [1.54, 1.807) is 12.2 Å². The average Bonchev–Trinajstić information content (AvgIpc) is 1.83. The molecule has 0 radical (unpaired) electrons. The highest BCUT2D eigenvalue weighted by Gasteiger charge is 1.88. The quantitative estimate of drug-likeness (QED) is 0.229. The Labute approximate surface area is 48.5 Å². The van der Waals surface area contributed by atoms with Gasteiger partial charge in [-0.15, -0.1) is 0 Å². The van der Waals surface area contributed by atoms with E-state index in [0.29, 0.717) is 6.42 Å². The lowest BCUT2D eigenvalue weighted by Crippen LogP contribution is -2.29. The first-order valence-corrected chi connectivity index (χ1v) is 2.42. The predicted octanol–water partition coefficient (Wildman–Crippen LogP) is -0.0575. The lowest BCUT2D eigenvalue weighted by atomic mass is 10.4. The van der Waals surface area contributed by atoms with Crippen LogP contribution >= 0.6 is 0 Å². The number of carbonyl (C=O) groups excluding carboxylic acids is 1. The summed E-state index contributed by atoms with van der Waals surface area (Å²) in [5.74, 6) is 4.62. The van der Waals surface area contributed by atoms with Crippen molar-refractivity contribution in [3.8, 4) is 0 Å². The third-order valence-electron chi connectivity index (χ3n) is 0.700. The molecule has 0 aliphatic heterocycles. The number of rotatable bonds is 2. The average molecular weight is 114 g/mol. The Kier molecular flexibility index (Phi) is 3.88. The number of hydrogen-bond acceptors (Lipinski definition) is 2. The van der Waals surface area contributed by atoms with Crippen molar-refractivity contribution in [2.45, 2.75) is 13.3 Å². The van der Waals surface area contributed by atoms with Gasteiger partial charge in [0, 0.05) is 6.42 Å². The minimum atomic E-state index is -0.164. The maximum Gasteiger partial charge on any atom is 0.237 e. The van der Waals surface area contributed by atoms with Gasteiger partial charge in [-0.25, -0.2) is 5.84 Å². The van der Waals surface area contributed by atoms with E-state index in [1.165, 1.54) is 0 Å². The Morgan fingerprint density at radius 3 is 2.88 bits per heavy atom. The van der Waals surface area contributed by atoms with Crippen LogP contribution in [-0.2, 0) is 4.79 Å². The number of carbonyl (C=O) groups is 1. The molecule has 0 aromatic heterocycles. The van der Waals surface area contributed by atoms with Crippen molar-refractivity contribution in [2.24, 2.45) is 5.84 Å². The smallest absolute Gasteiger partial charge is 0.237 e. The van der Waals surface area contributed by atoms with Crippen LogP contribution in [0.1, 0.15) is 13.3 Å². The zero-order valence-electron chi connectivity index (χ0n) is 4.85. The van der Waals surface area contributed by atoms with Gasteiger partial charge in [0.15, 0.2) is 0 Å². The standard InChI is InChI=1S/C5H10N2O/c1-2-3-4-5(8)7-6/h2-3H,4,6H2,1H3,(H,7,8). The molecular formula is C5H10N2O. The topological polar surface area (TPSA) is 55.1 Å². The molecule has 0 saturated heterocycles. The largest absolute Gasteiger partial charge is 0.294 e. The predicted molar refractivity (Wildman–Crippen MR) is 31.8 cm³/mol. The number of amides is 1. The van der Waals surface area contributed by atoms with E-state index < -0.39 is 0 Å². The van der Waals surface area contributed by atoms with Crippen molar-refractivity contribution < 1.29 is 4.79 Å². The molecule has 0 unspecified atom stereocenters. The lowest BCUT2D eigenvalue weighted by molar-refractivity contribution is -0.120. The Morgan fingerprint density at radius 1 is 1.88 bits per heavy atom. The first-order chi connectivity index (χ1) is 3.81. The number of nitrogens with one attached hydrogen (secondary N) is 1. The SMILES string of the molecule is CC=CCC(=O)NN. The summed E-state index contributed by atoms with van der Waals surface area (Å²) >= 11 is 0. The van der Waals surface area contributed by atoms with Crippen LogP contribution in [-0.4, -0.2) is 5.91 Å². The van der Waals surface area contributed by atoms with Crippen molar-refractivity contribution in [3.05, 3.63) is 12.2 Å². The van der Waals surface area contributed by atoms with Gasteiger partial charge in [-0.2, -0.15) is 0 Å². The minimum Gasteiger partial charge on any atom is -0.294 e. The van der Waals surface area contributed by atoms with Gasteiger partial charge >= 0.3 is 0 Å². The molecule has 0 aromatic carbocycles. The van der Waals surface area contributed by atoms with Crippen molar-refractivity contribution >= 4 is 5.91 Å². The van der Waals surface area contributed by atoms with Crippen LogP contribution in [0.15, 0.2) is 12.2 Å². The number of hydrogen-bond donors (Lipinski definition) is 2. The van der Waals surface area contributed by atoms with Crippen LogP contribution in [0.25, 0.3) is 0 Å². The van der Waals surface area contributed by atoms with Gasteiger partial charge in [0.05, 0.1) is 0 Å².